The Labute approximate surface area is 183 Å². The van der Waals surface area contributed by atoms with Gasteiger partial charge in [0.1, 0.15) is 0 Å². The number of hydrogen-bond donors (Lipinski definition) is 2. The van der Waals surface area contributed by atoms with Crippen molar-refractivity contribution in [2.45, 2.75) is 31.6 Å². The third kappa shape index (κ3) is 5.84. The molecule has 10 heteroatoms. The van der Waals surface area contributed by atoms with Gasteiger partial charge in [0.25, 0.3) is 5.91 Å². The third-order valence-electron chi connectivity index (χ3n) is 5.29. The van der Waals surface area contributed by atoms with Gasteiger partial charge in [-0.2, -0.15) is 4.31 Å². The van der Waals surface area contributed by atoms with Gasteiger partial charge in [-0.15, -0.1) is 0 Å². The predicted molar refractivity (Wildman–Crippen MR) is 121 cm³/mol. The van der Waals surface area contributed by atoms with Crippen LogP contribution < -0.4 is 10.0 Å². The molecule has 8 nitrogen and oxygen atoms in total. The van der Waals surface area contributed by atoms with E-state index in [1.165, 1.54) is 28.6 Å². The van der Waals surface area contributed by atoms with Crippen LogP contribution in [0, 0.1) is 5.92 Å². The second kappa shape index (κ2) is 9.37. The number of hydrogen-bond acceptors (Lipinski definition) is 5. The van der Waals surface area contributed by atoms with Crippen LogP contribution in [0.5, 0.6) is 0 Å². The Hall–Kier alpha value is -2.43. The molecule has 1 fully saturated rings. The molecule has 2 N–H and O–H groups in total. The summed E-state index contributed by atoms with van der Waals surface area (Å²) in [6.45, 7) is 4.68. The van der Waals surface area contributed by atoms with E-state index in [1.807, 2.05) is 0 Å². The van der Waals surface area contributed by atoms with Gasteiger partial charge in [0, 0.05) is 30.0 Å². The zero-order valence-corrected chi connectivity index (χ0v) is 19.2. The smallest absolute Gasteiger partial charge is 0.255 e. The number of nitrogens with one attached hydrogen (secondary N) is 2. The van der Waals surface area contributed by atoms with Crippen molar-refractivity contribution in [1.82, 2.24) is 4.31 Å². The van der Waals surface area contributed by atoms with Gasteiger partial charge in [-0.1, -0.05) is 6.92 Å². The number of benzene rings is 2. The lowest BCUT2D eigenvalue weighted by Gasteiger charge is -2.29. The summed E-state index contributed by atoms with van der Waals surface area (Å²) >= 11 is 0. The maximum absolute atomic E-state index is 12.8. The van der Waals surface area contributed by atoms with Crippen LogP contribution in [0.25, 0.3) is 0 Å². The first kappa shape index (κ1) is 23.2. The summed E-state index contributed by atoms with van der Waals surface area (Å²) in [5.41, 5.74) is 1.21. The quantitative estimate of drug-likeness (QED) is 0.652. The van der Waals surface area contributed by atoms with Gasteiger partial charge in [0.15, 0.2) is 0 Å². The van der Waals surface area contributed by atoms with Gasteiger partial charge >= 0.3 is 0 Å². The number of carbonyl (C=O) groups excluding carboxylic acids is 1. The SMILES string of the molecule is CCS(=O)(=O)Nc1ccc(NC(=O)c2ccc(S(=O)(=O)N3CCC(C)CC3)cc2)cc1. The van der Waals surface area contributed by atoms with Crippen LogP contribution in [0.15, 0.2) is 53.4 Å². The summed E-state index contributed by atoms with van der Waals surface area (Å²) < 4.78 is 52.7. The van der Waals surface area contributed by atoms with E-state index in [0.717, 1.165) is 12.8 Å². The minimum atomic E-state index is -3.56. The van der Waals surface area contributed by atoms with Crippen molar-refractivity contribution in [3.63, 3.8) is 0 Å². The second-order valence-electron chi connectivity index (χ2n) is 7.65. The molecule has 2 aromatic rings. The first-order valence-electron chi connectivity index (χ1n) is 10.1. The molecule has 0 aliphatic carbocycles. The lowest BCUT2D eigenvalue weighted by atomic mass is 10.0. The van der Waals surface area contributed by atoms with Crippen molar-refractivity contribution in [3.05, 3.63) is 54.1 Å². The molecule has 1 saturated heterocycles. The number of sulfonamides is 2. The fraction of sp³-hybridized carbons (Fsp3) is 0.381. The van der Waals surface area contributed by atoms with E-state index >= 15 is 0 Å². The van der Waals surface area contributed by atoms with E-state index in [2.05, 4.69) is 17.0 Å². The first-order valence-corrected chi connectivity index (χ1v) is 13.2. The molecule has 1 aliphatic rings. The minimum absolute atomic E-state index is 0.0336. The highest BCUT2D eigenvalue weighted by molar-refractivity contribution is 7.92. The molecule has 0 radical (unpaired) electrons. The van der Waals surface area contributed by atoms with Crippen molar-refractivity contribution in [3.8, 4) is 0 Å². The van der Waals surface area contributed by atoms with E-state index < -0.39 is 26.0 Å². The molecule has 0 saturated carbocycles. The Morgan fingerprint density at radius 2 is 1.48 bits per heavy atom. The highest BCUT2D eigenvalue weighted by Gasteiger charge is 2.28. The fourth-order valence-electron chi connectivity index (χ4n) is 3.23. The molecule has 1 aliphatic heterocycles. The molecule has 0 unspecified atom stereocenters. The van der Waals surface area contributed by atoms with Crippen LogP contribution in [0.1, 0.15) is 37.0 Å². The molecule has 1 heterocycles. The Morgan fingerprint density at radius 1 is 0.935 bits per heavy atom. The number of anilines is 2. The summed E-state index contributed by atoms with van der Waals surface area (Å²) in [5.74, 6) is 0.102. The average Bonchev–Trinajstić information content (AvgIpc) is 2.75. The normalized spacial score (nSPS) is 16.1. The van der Waals surface area contributed by atoms with Gasteiger partial charge in [-0.3, -0.25) is 9.52 Å². The molecule has 0 spiro atoms. The average molecular weight is 466 g/mol. The topological polar surface area (TPSA) is 113 Å². The zero-order valence-electron chi connectivity index (χ0n) is 17.5. The van der Waals surface area contributed by atoms with Crippen LogP contribution in [0.4, 0.5) is 11.4 Å². The summed E-state index contributed by atoms with van der Waals surface area (Å²) in [7, 11) is -6.93. The molecule has 2 aromatic carbocycles. The lowest BCUT2D eigenvalue weighted by Crippen LogP contribution is -2.37. The van der Waals surface area contributed by atoms with Crippen LogP contribution in [0.3, 0.4) is 0 Å². The molecule has 0 aromatic heterocycles. The second-order valence-corrected chi connectivity index (χ2v) is 11.6. The minimum Gasteiger partial charge on any atom is -0.322 e. The van der Waals surface area contributed by atoms with Crippen molar-refractivity contribution in [2.75, 3.05) is 28.9 Å². The number of piperidine rings is 1. The largest absolute Gasteiger partial charge is 0.322 e. The molecule has 31 heavy (non-hydrogen) atoms. The number of nitrogens with zero attached hydrogens (tertiary/aromatic N) is 1. The van der Waals surface area contributed by atoms with Gasteiger partial charge in [0.05, 0.1) is 10.6 Å². The molecule has 1 amide bonds. The predicted octanol–water partition coefficient (Wildman–Crippen LogP) is 3.12. The molecular weight excluding hydrogens is 438 g/mol. The standard InChI is InChI=1S/C21H27N3O5S2/c1-3-30(26,27)23-19-8-6-18(7-9-19)22-21(25)17-4-10-20(11-5-17)31(28,29)24-14-12-16(2)13-15-24/h4-11,16,23H,3,12-15H2,1-2H3,(H,22,25). The summed E-state index contributed by atoms with van der Waals surface area (Å²) in [6, 6.07) is 12.1. The van der Waals surface area contributed by atoms with Crippen LogP contribution in [-0.4, -0.2) is 45.9 Å². The van der Waals surface area contributed by atoms with Crippen LogP contribution in [-0.2, 0) is 20.0 Å². The maximum atomic E-state index is 12.8. The number of rotatable bonds is 7. The van der Waals surface area contributed by atoms with Crippen LogP contribution >= 0.6 is 0 Å². The van der Waals surface area contributed by atoms with Crippen molar-refractivity contribution in [2.24, 2.45) is 5.92 Å². The Morgan fingerprint density at radius 3 is 2.03 bits per heavy atom. The Balaban J connectivity index is 1.65. The van der Waals surface area contributed by atoms with Gasteiger partial charge < -0.3 is 5.32 Å². The Bertz CT molecular complexity index is 1120. The van der Waals surface area contributed by atoms with E-state index in [0.29, 0.717) is 35.9 Å². The van der Waals surface area contributed by atoms with E-state index in [1.54, 1.807) is 31.2 Å². The van der Waals surface area contributed by atoms with Crippen molar-refractivity contribution < 1.29 is 21.6 Å². The van der Waals surface area contributed by atoms with Crippen molar-refractivity contribution in [1.29, 1.82) is 0 Å². The highest BCUT2D eigenvalue weighted by atomic mass is 32.2. The molecule has 168 valence electrons. The van der Waals surface area contributed by atoms with Crippen LogP contribution in [0.2, 0.25) is 0 Å². The molecular formula is C21H27N3O5S2. The molecule has 3 rings (SSSR count). The molecule has 0 atom stereocenters. The third-order valence-corrected chi connectivity index (χ3v) is 8.51. The first-order chi connectivity index (χ1) is 14.6. The number of carbonyl (C=O) groups is 1. The van der Waals surface area contributed by atoms with Gasteiger partial charge in [0.2, 0.25) is 20.0 Å². The summed E-state index contributed by atoms with van der Waals surface area (Å²) in [4.78, 5) is 12.7. The summed E-state index contributed by atoms with van der Waals surface area (Å²) in [6.07, 6.45) is 1.69. The molecule has 0 bridgehead atoms. The zero-order chi connectivity index (χ0) is 22.6. The lowest BCUT2D eigenvalue weighted by molar-refractivity contribution is 0.102. The van der Waals surface area contributed by atoms with E-state index in [4.69, 9.17) is 0 Å². The van der Waals surface area contributed by atoms with Crippen molar-refractivity contribution >= 4 is 37.3 Å². The van der Waals surface area contributed by atoms with Gasteiger partial charge in [-0.25, -0.2) is 16.8 Å². The van der Waals surface area contributed by atoms with Gasteiger partial charge in [-0.05, 0) is 74.2 Å². The van der Waals surface area contributed by atoms with E-state index in [9.17, 15) is 21.6 Å². The summed E-state index contributed by atoms with van der Waals surface area (Å²) in [5, 5.41) is 2.71. The highest BCUT2D eigenvalue weighted by Crippen LogP contribution is 2.24. The number of amides is 1. The maximum Gasteiger partial charge on any atom is 0.255 e. The fourth-order valence-corrected chi connectivity index (χ4v) is 5.34. The Kier molecular flexibility index (Phi) is 7.03. The monoisotopic (exact) mass is 465 g/mol. The van der Waals surface area contributed by atoms with E-state index in [-0.39, 0.29) is 10.6 Å².